The van der Waals surface area contributed by atoms with Crippen molar-refractivity contribution in [3.63, 3.8) is 0 Å². The molecule has 0 unspecified atom stereocenters. The van der Waals surface area contributed by atoms with Gasteiger partial charge < -0.3 is 14.2 Å². The van der Waals surface area contributed by atoms with Crippen molar-refractivity contribution in [3.05, 3.63) is 39.9 Å². The highest BCUT2D eigenvalue weighted by atomic mass is 32.1. The second kappa shape index (κ2) is 6.06. The Kier molecular flexibility index (Phi) is 3.98. The summed E-state index contributed by atoms with van der Waals surface area (Å²) in [6.07, 6.45) is 1.28. The van der Waals surface area contributed by atoms with Gasteiger partial charge in [0.05, 0.1) is 5.69 Å². The van der Waals surface area contributed by atoms with Gasteiger partial charge in [-0.3, -0.25) is 0 Å². The molecule has 0 atom stereocenters. The van der Waals surface area contributed by atoms with Gasteiger partial charge in [0.25, 0.3) is 0 Å². The molecule has 0 radical (unpaired) electrons. The van der Waals surface area contributed by atoms with Crippen LogP contribution in [0.1, 0.15) is 5.69 Å². The van der Waals surface area contributed by atoms with Gasteiger partial charge in [-0.1, -0.05) is 0 Å². The molecule has 3 heterocycles. The van der Waals surface area contributed by atoms with Gasteiger partial charge in [-0.05, 0) is 11.4 Å². The van der Waals surface area contributed by atoms with Crippen molar-refractivity contribution in [3.8, 4) is 10.6 Å². The molecule has 20 heavy (non-hydrogen) atoms. The first-order valence-corrected chi connectivity index (χ1v) is 7.74. The van der Waals surface area contributed by atoms with Gasteiger partial charge in [0.15, 0.2) is 0 Å². The maximum Gasteiger partial charge on any atom is 0.377 e. The van der Waals surface area contributed by atoms with Gasteiger partial charge in [-0.2, -0.15) is 11.3 Å². The van der Waals surface area contributed by atoms with Crippen LogP contribution in [-0.2, 0) is 25.6 Å². The van der Waals surface area contributed by atoms with Gasteiger partial charge in [-0.25, -0.2) is 9.78 Å². The summed E-state index contributed by atoms with van der Waals surface area (Å²) in [5, 5.41) is 6.84. The number of esters is 1. The summed E-state index contributed by atoms with van der Waals surface area (Å²) >= 11 is 3.15. The number of hydrogen-bond acceptors (Lipinski definition) is 7. The normalized spacial score (nSPS) is 14.1. The third-order valence-corrected chi connectivity index (χ3v) is 4.14. The molecule has 0 aromatic carbocycles. The highest BCUT2D eigenvalue weighted by Crippen LogP contribution is 2.26. The number of ether oxygens (including phenoxy) is 3. The van der Waals surface area contributed by atoms with Gasteiger partial charge in [-0.15, -0.1) is 11.3 Å². The Hall–Kier alpha value is -1.86. The molecule has 104 valence electrons. The molecule has 5 nitrogen and oxygen atoms in total. The predicted octanol–water partition coefficient (Wildman–Crippen LogP) is 2.80. The zero-order valence-electron chi connectivity index (χ0n) is 10.4. The Morgan fingerprint density at radius 3 is 3.10 bits per heavy atom. The van der Waals surface area contributed by atoms with E-state index in [0.717, 1.165) is 16.3 Å². The van der Waals surface area contributed by atoms with Gasteiger partial charge in [0, 0.05) is 16.3 Å². The Bertz CT molecular complexity index is 618. The molecule has 3 rings (SSSR count). The molecule has 1 aliphatic rings. The van der Waals surface area contributed by atoms with E-state index in [1.807, 2.05) is 22.2 Å². The van der Waals surface area contributed by atoms with E-state index in [4.69, 9.17) is 14.2 Å². The molecule has 2 aromatic heterocycles. The van der Waals surface area contributed by atoms with E-state index in [1.54, 1.807) is 11.3 Å². The fraction of sp³-hybridized carbons (Fsp3) is 0.231. The van der Waals surface area contributed by atoms with E-state index in [-0.39, 0.29) is 12.4 Å². The van der Waals surface area contributed by atoms with Crippen LogP contribution in [0, 0.1) is 0 Å². The van der Waals surface area contributed by atoms with Crippen molar-refractivity contribution in [2.45, 2.75) is 6.61 Å². The van der Waals surface area contributed by atoms with Crippen LogP contribution in [-0.4, -0.2) is 24.2 Å². The Balaban J connectivity index is 1.59. The van der Waals surface area contributed by atoms with Crippen molar-refractivity contribution in [2.75, 3.05) is 13.2 Å². The van der Waals surface area contributed by atoms with Crippen molar-refractivity contribution < 1.29 is 19.0 Å². The topological polar surface area (TPSA) is 57.7 Å². The standard InChI is InChI=1S/C13H11NO4S2/c15-13(11-6-16-2-3-17-11)18-5-10-8-20-12(14-10)9-1-4-19-7-9/h1,4,6-8H,2-3,5H2. The monoisotopic (exact) mass is 309 g/mol. The van der Waals surface area contributed by atoms with Crippen LogP contribution < -0.4 is 0 Å². The molecule has 0 saturated carbocycles. The molecular weight excluding hydrogens is 298 g/mol. The van der Waals surface area contributed by atoms with E-state index < -0.39 is 5.97 Å². The average Bonchev–Trinajstić information content (AvgIpc) is 3.16. The van der Waals surface area contributed by atoms with E-state index in [9.17, 15) is 4.79 Å². The van der Waals surface area contributed by atoms with Crippen LogP contribution >= 0.6 is 22.7 Å². The number of carbonyl (C=O) groups is 1. The van der Waals surface area contributed by atoms with Crippen LogP contribution in [0.2, 0.25) is 0 Å². The third kappa shape index (κ3) is 3.00. The summed E-state index contributed by atoms with van der Waals surface area (Å²) in [6.45, 7) is 0.937. The lowest BCUT2D eigenvalue weighted by Gasteiger charge is -2.13. The largest absolute Gasteiger partial charge is 0.493 e. The third-order valence-electron chi connectivity index (χ3n) is 2.52. The summed E-state index contributed by atoms with van der Waals surface area (Å²) in [5.41, 5.74) is 1.81. The smallest absolute Gasteiger partial charge is 0.377 e. The van der Waals surface area contributed by atoms with Gasteiger partial charge >= 0.3 is 5.97 Å². The number of nitrogens with zero attached hydrogens (tertiary/aromatic N) is 1. The zero-order valence-corrected chi connectivity index (χ0v) is 12.0. The minimum Gasteiger partial charge on any atom is -0.493 e. The first-order valence-electron chi connectivity index (χ1n) is 5.91. The average molecular weight is 309 g/mol. The SMILES string of the molecule is O=C(OCc1csc(-c2ccsc2)n1)C1=COCCO1. The fourth-order valence-corrected chi connectivity index (χ4v) is 3.09. The van der Waals surface area contributed by atoms with Crippen molar-refractivity contribution >= 4 is 28.6 Å². The number of rotatable bonds is 4. The summed E-state index contributed by atoms with van der Waals surface area (Å²) in [7, 11) is 0. The lowest BCUT2D eigenvalue weighted by Crippen LogP contribution is -2.17. The zero-order chi connectivity index (χ0) is 13.8. The van der Waals surface area contributed by atoms with E-state index >= 15 is 0 Å². The van der Waals surface area contributed by atoms with Crippen LogP contribution in [0.25, 0.3) is 10.6 Å². The lowest BCUT2D eigenvalue weighted by atomic mass is 10.4. The highest BCUT2D eigenvalue weighted by Gasteiger charge is 2.17. The molecule has 7 heteroatoms. The van der Waals surface area contributed by atoms with Crippen molar-refractivity contribution in [1.29, 1.82) is 0 Å². The number of hydrogen-bond donors (Lipinski definition) is 0. The first kappa shape index (κ1) is 13.1. The molecule has 0 bridgehead atoms. The Morgan fingerprint density at radius 2 is 2.35 bits per heavy atom. The number of aromatic nitrogens is 1. The highest BCUT2D eigenvalue weighted by molar-refractivity contribution is 7.14. The number of thiazole rings is 1. The van der Waals surface area contributed by atoms with Crippen molar-refractivity contribution in [2.24, 2.45) is 0 Å². The van der Waals surface area contributed by atoms with Crippen LogP contribution in [0.15, 0.2) is 34.2 Å². The molecule has 1 aliphatic heterocycles. The molecule has 0 amide bonds. The van der Waals surface area contributed by atoms with Crippen LogP contribution in [0.3, 0.4) is 0 Å². The number of thiophene rings is 1. The number of carbonyl (C=O) groups excluding carboxylic acids is 1. The van der Waals surface area contributed by atoms with E-state index in [1.165, 1.54) is 17.6 Å². The molecule has 2 aromatic rings. The summed E-state index contributed by atoms with van der Waals surface area (Å²) in [5.74, 6) is -0.431. The minimum atomic E-state index is -0.533. The summed E-state index contributed by atoms with van der Waals surface area (Å²) in [6, 6.07) is 2.01. The van der Waals surface area contributed by atoms with E-state index in [2.05, 4.69) is 4.98 Å². The molecule has 0 aliphatic carbocycles. The predicted molar refractivity (Wildman–Crippen MR) is 75.2 cm³/mol. The van der Waals surface area contributed by atoms with Crippen LogP contribution in [0.4, 0.5) is 0 Å². The van der Waals surface area contributed by atoms with Crippen LogP contribution in [0.5, 0.6) is 0 Å². The Morgan fingerprint density at radius 1 is 1.40 bits per heavy atom. The first-order chi connectivity index (χ1) is 9.83. The minimum absolute atomic E-state index is 0.101. The molecule has 0 spiro atoms. The molecule has 0 saturated heterocycles. The molecule has 0 N–H and O–H groups in total. The second-order valence-electron chi connectivity index (χ2n) is 3.93. The second-order valence-corrected chi connectivity index (χ2v) is 5.57. The summed E-state index contributed by atoms with van der Waals surface area (Å²) in [4.78, 5) is 16.1. The quantitative estimate of drug-likeness (QED) is 0.813. The molecule has 0 fully saturated rings. The summed E-state index contributed by atoms with van der Waals surface area (Å²) < 4.78 is 15.3. The van der Waals surface area contributed by atoms with Crippen molar-refractivity contribution in [1.82, 2.24) is 4.98 Å². The van der Waals surface area contributed by atoms with Gasteiger partial charge in [0.1, 0.15) is 31.1 Å². The lowest BCUT2D eigenvalue weighted by molar-refractivity contribution is -0.146. The molecular formula is C13H11NO4S2. The maximum absolute atomic E-state index is 11.7. The maximum atomic E-state index is 11.7. The Labute approximate surface area is 123 Å². The van der Waals surface area contributed by atoms with Gasteiger partial charge in [0.2, 0.25) is 5.76 Å². The fourth-order valence-electron chi connectivity index (χ4n) is 1.58. The van der Waals surface area contributed by atoms with E-state index in [0.29, 0.717) is 13.2 Å².